The molecule has 2 heterocycles. The molecule has 0 atom stereocenters. The Hall–Kier alpha value is -2.35. The smallest absolute Gasteiger partial charge is 0.268 e. The molecule has 0 saturated carbocycles. The van der Waals surface area contributed by atoms with Crippen molar-refractivity contribution in [1.82, 2.24) is 9.72 Å². The third-order valence-corrected chi connectivity index (χ3v) is 3.42. The molecule has 0 N–H and O–H groups in total. The molecule has 5 nitrogen and oxygen atoms in total. The molecule has 104 valence electrons. The second kappa shape index (κ2) is 5.33. The summed E-state index contributed by atoms with van der Waals surface area (Å²) in [5.74, 6) is 0.891. The fourth-order valence-corrected chi connectivity index (χ4v) is 2.23. The molecule has 0 aliphatic carbocycles. The Morgan fingerprint density at radius 3 is 2.60 bits per heavy atom. The third-order valence-electron chi connectivity index (χ3n) is 3.42. The maximum absolute atomic E-state index is 12.4. The highest BCUT2D eigenvalue weighted by atomic mass is 16.5. The summed E-state index contributed by atoms with van der Waals surface area (Å²) in [5.41, 5.74) is 2.45. The van der Waals surface area contributed by atoms with Crippen LogP contribution < -0.4 is 5.56 Å². The first-order chi connectivity index (χ1) is 9.45. The maximum atomic E-state index is 12.4. The molecule has 0 fully saturated rings. The van der Waals surface area contributed by atoms with Crippen molar-refractivity contribution in [3.8, 4) is 6.07 Å². The van der Waals surface area contributed by atoms with Gasteiger partial charge in [-0.05, 0) is 31.9 Å². The Morgan fingerprint density at radius 2 is 2.10 bits per heavy atom. The highest BCUT2D eigenvalue weighted by molar-refractivity contribution is 5.30. The first-order valence-corrected chi connectivity index (χ1v) is 6.51. The number of aromatic nitrogens is 2. The molecule has 0 radical (unpaired) electrons. The highest BCUT2D eigenvalue weighted by Gasteiger charge is 2.16. The van der Waals surface area contributed by atoms with E-state index in [9.17, 15) is 4.79 Å². The van der Waals surface area contributed by atoms with Crippen molar-refractivity contribution in [1.29, 1.82) is 5.26 Å². The van der Waals surface area contributed by atoms with Crippen molar-refractivity contribution in [3.05, 3.63) is 50.8 Å². The van der Waals surface area contributed by atoms with E-state index >= 15 is 0 Å². The monoisotopic (exact) mass is 271 g/mol. The van der Waals surface area contributed by atoms with Gasteiger partial charge in [-0.25, -0.2) is 0 Å². The molecule has 0 saturated heterocycles. The van der Waals surface area contributed by atoms with Gasteiger partial charge in [-0.1, -0.05) is 19.0 Å². The molecule has 2 aromatic heterocycles. The lowest BCUT2D eigenvalue weighted by molar-refractivity contribution is 0.392. The van der Waals surface area contributed by atoms with Gasteiger partial charge in [0.1, 0.15) is 17.4 Å². The lowest BCUT2D eigenvalue weighted by Gasteiger charge is -2.15. The predicted octanol–water partition coefficient (Wildman–Crippen LogP) is 2.50. The quantitative estimate of drug-likeness (QED) is 0.859. The van der Waals surface area contributed by atoms with Crippen LogP contribution in [0, 0.1) is 25.2 Å². The van der Waals surface area contributed by atoms with Crippen LogP contribution in [0.3, 0.4) is 0 Å². The van der Waals surface area contributed by atoms with E-state index in [1.54, 1.807) is 10.6 Å². The summed E-state index contributed by atoms with van der Waals surface area (Å²) in [5, 5.41) is 12.9. The van der Waals surface area contributed by atoms with E-state index in [-0.39, 0.29) is 17.0 Å². The van der Waals surface area contributed by atoms with Gasteiger partial charge in [0.15, 0.2) is 0 Å². The average molecular weight is 271 g/mol. The Labute approximate surface area is 117 Å². The van der Waals surface area contributed by atoms with Crippen molar-refractivity contribution in [2.75, 3.05) is 0 Å². The molecule has 5 heteroatoms. The Kier molecular flexibility index (Phi) is 3.75. The Balaban J connectivity index is 2.61. The molecule has 2 aromatic rings. The van der Waals surface area contributed by atoms with Crippen LogP contribution in [0.4, 0.5) is 0 Å². The molecule has 0 unspecified atom stereocenters. The zero-order valence-corrected chi connectivity index (χ0v) is 12.1. The largest absolute Gasteiger partial charge is 0.361 e. The van der Waals surface area contributed by atoms with Gasteiger partial charge in [-0.3, -0.25) is 4.79 Å². The van der Waals surface area contributed by atoms with E-state index in [1.165, 1.54) is 0 Å². The van der Waals surface area contributed by atoms with Crippen LogP contribution in [0.25, 0.3) is 0 Å². The zero-order valence-electron chi connectivity index (χ0n) is 12.1. The summed E-state index contributed by atoms with van der Waals surface area (Å²) in [6.07, 6.45) is 0. The lowest BCUT2D eigenvalue weighted by Crippen LogP contribution is -2.27. The minimum atomic E-state index is -0.265. The molecule has 0 aromatic carbocycles. The molecule has 2 rings (SSSR count). The van der Waals surface area contributed by atoms with Gasteiger partial charge in [0.25, 0.3) is 5.56 Å². The van der Waals surface area contributed by atoms with Gasteiger partial charge >= 0.3 is 0 Å². The minimum Gasteiger partial charge on any atom is -0.361 e. The van der Waals surface area contributed by atoms with Gasteiger partial charge in [-0.2, -0.15) is 5.26 Å². The zero-order chi connectivity index (χ0) is 14.9. The first kappa shape index (κ1) is 14.1. The summed E-state index contributed by atoms with van der Waals surface area (Å²) in [6.45, 7) is 8.09. The predicted molar refractivity (Wildman–Crippen MR) is 74.6 cm³/mol. The number of hydrogen-bond acceptors (Lipinski definition) is 4. The number of nitriles is 1. The van der Waals surface area contributed by atoms with Crippen LogP contribution in [-0.2, 0) is 6.54 Å². The van der Waals surface area contributed by atoms with E-state index in [0.29, 0.717) is 12.3 Å². The number of aryl methyl sites for hydroxylation is 2. The minimum absolute atomic E-state index is 0.154. The molecular formula is C15H17N3O2. The fourth-order valence-electron chi connectivity index (χ4n) is 2.23. The van der Waals surface area contributed by atoms with E-state index < -0.39 is 0 Å². The molecule has 20 heavy (non-hydrogen) atoms. The Morgan fingerprint density at radius 1 is 1.40 bits per heavy atom. The number of hydrogen-bond donors (Lipinski definition) is 0. The average Bonchev–Trinajstić information content (AvgIpc) is 2.72. The number of pyridine rings is 1. The first-order valence-electron chi connectivity index (χ1n) is 6.51. The van der Waals surface area contributed by atoms with Crippen LogP contribution >= 0.6 is 0 Å². The van der Waals surface area contributed by atoms with Gasteiger partial charge in [-0.15, -0.1) is 0 Å². The van der Waals surface area contributed by atoms with Crippen molar-refractivity contribution in [3.63, 3.8) is 0 Å². The summed E-state index contributed by atoms with van der Waals surface area (Å²) in [7, 11) is 0. The van der Waals surface area contributed by atoms with Crippen LogP contribution in [0.5, 0.6) is 0 Å². The lowest BCUT2D eigenvalue weighted by atomic mass is 10.1. The number of nitrogens with zero attached hydrogens (tertiary/aromatic N) is 3. The van der Waals surface area contributed by atoms with E-state index in [0.717, 1.165) is 17.0 Å². The summed E-state index contributed by atoms with van der Waals surface area (Å²) >= 11 is 0. The molecule has 0 aliphatic rings. The molecular weight excluding hydrogens is 254 g/mol. The van der Waals surface area contributed by atoms with Crippen LogP contribution in [0.2, 0.25) is 0 Å². The normalized spacial score (nSPS) is 10.8. The van der Waals surface area contributed by atoms with Gasteiger partial charge < -0.3 is 9.09 Å². The van der Waals surface area contributed by atoms with Crippen molar-refractivity contribution >= 4 is 0 Å². The Bertz CT molecular complexity index is 713. The summed E-state index contributed by atoms with van der Waals surface area (Å²) in [6, 6.07) is 5.36. The van der Waals surface area contributed by atoms with Crippen molar-refractivity contribution < 1.29 is 4.52 Å². The van der Waals surface area contributed by atoms with Gasteiger partial charge in [0, 0.05) is 11.3 Å². The molecule has 0 spiro atoms. The van der Waals surface area contributed by atoms with Crippen molar-refractivity contribution in [2.45, 2.75) is 40.2 Å². The third kappa shape index (κ3) is 2.37. The van der Waals surface area contributed by atoms with Crippen LogP contribution in [0.15, 0.2) is 21.5 Å². The van der Waals surface area contributed by atoms with E-state index in [4.69, 9.17) is 9.78 Å². The number of rotatable bonds is 3. The molecule has 0 amide bonds. The SMILES string of the molecule is Cc1noc(C)c1Cn1c(C(C)C)ccc(C#N)c1=O. The molecule has 0 bridgehead atoms. The highest BCUT2D eigenvalue weighted by Crippen LogP contribution is 2.18. The molecule has 0 aliphatic heterocycles. The second-order valence-corrected chi connectivity index (χ2v) is 5.13. The van der Waals surface area contributed by atoms with Crippen LogP contribution in [0.1, 0.15) is 48.0 Å². The van der Waals surface area contributed by atoms with Crippen LogP contribution in [-0.4, -0.2) is 9.72 Å². The standard InChI is InChI=1S/C15H17N3O2/c1-9(2)14-6-5-12(7-16)15(19)18(14)8-13-10(3)17-20-11(13)4/h5-6,9H,8H2,1-4H3. The second-order valence-electron chi connectivity index (χ2n) is 5.13. The van der Waals surface area contributed by atoms with Crippen molar-refractivity contribution in [2.24, 2.45) is 0 Å². The van der Waals surface area contributed by atoms with Gasteiger partial charge in [0.2, 0.25) is 0 Å². The van der Waals surface area contributed by atoms with E-state index in [1.807, 2.05) is 39.8 Å². The summed E-state index contributed by atoms with van der Waals surface area (Å²) < 4.78 is 6.77. The summed E-state index contributed by atoms with van der Waals surface area (Å²) in [4.78, 5) is 12.4. The van der Waals surface area contributed by atoms with Gasteiger partial charge in [0.05, 0.1) is 12.2 Å². The fraction of sp³-hybridized carbons (Fsp3) is 0.400. The van der Waals surface area contributed by atoms with E-state index in [2.05, 4.69) is 5.16 Å². The maximum Gasteiger partial charge on any atom is 0.268 e. The topological polar surface area (TPSA) is 71.8 Å².